The summed E-state index contributed by atoms with van der Waals surface area (Å²) in [6.45, 7) is 2.05. The van der Waals surface area contributed by atoms with Crippen molar-refractivity contribution in [1.82, 2.24) is 9.55 Å². The van der Waals surface area contributed by atoms with E-state index in [4.69, 9.17) is 10.5 Å². The van der Waals surface area contributed by atoms with Gasteiger partial charge in [0, 0.05) is 10.5 Å². The normalized spacial score (nSPS) is 10.9. The van der Waals surface area contributed by atoms with Crippen LogP contribution in [0, 0.1) is 6.92 Å². The number of hydrogen-bond acceptors (Lipinski definition) is 3. The third-order valence-electron chi connectivity index (χ3n) is 3.23. The summed E-state index contributed by atoms with van der Waals surface area (Å²) in [6.07, 6.45) is 0. The average molecular weight is 332 g/mol. The molecule has 102 valence electrons. The minimum atomic E-state index is 0.456. The molecule has 3 rings (SSSR count). The van der Waals surface area contributed by atoms with Gasteiger partial charge in [0.1, 0.15) is 5.75 Å². The lowest BCUT2D eigenvalue weighted by Gasteiger charge is -2.10. The van der Waals surface area contributed by atoms with E-state index in [0.717, 1.165) is 26.9 Å². The Bertz CT molecular complexity index is 795. The largest absolute Gasteiger partial charge is 0.497 e. The molecule has 0 aliphatic heterocycles. The molecule has 0 radical (unpaired) electrons. The first kappa shape index (κ1) is 13.0. The number of nitrogens with zero attached hydrogens (tertiary/aromatic N) is 2. The van der Waals surface area contributed by atoms with Crippen LogP contribution in [0.3, 0.4) is 0 Å². The zero-order valence-electron chi connectivity index (χ0n) is 11.2. The number of aryl methyl sites for hydroxylation is 1. The van der Waals surface area contributed by atoms with Gasteiger partial charge in [-0.25, -0.2) is 4.98 Å². The predicted octanol–water partition coefficient (Wildman–Crippen LogP) is 3.69. The molecule has 0 saturated carbocycles. The molecule has 20 heavy (non-hydrogen) atoms. The maximum absolute atomic E-state index is 6.07. The summed E-state index contributed by atoms with van der Waals surface area (Å²) in [5, 5.41) is 0. The fourth-order valence-electron chi connectivity index (χ4n) is 2.25. The molecule has 1 aromatic heterocycles. The van der Waals surface area contributed by atoms with E-state index < -0.39 is 0 Å². The highest BCUT2D eigenvalue weighted by atomic mass is 79.9. The quantitative estimate of drug-likeness (QED) is 0.779. The summed E-state index contributed by atoms with van der Waals surface area (Å²) in [5.41, 5.74) is 9.98. The van der Waals surface area contributed by atoms with Crippen LogP contribution in [0.2, 0.25) is 0 Å². The van der Waals surface area contributed by atoms with Crippen LogP contribution in [0.25, 0.3) is 16.7 Å². The summed E-state index contributed by atoms with van der Waals surface area (Å²) in [7, 11) is 1.65. The first-order valence-corrected chi connectivity index (χ1v) is 6.98. The molecule has 0 amide bonds. The van der Waals surface area contributed by atoms with E-state index >= 15 is 0 Å². The maximum atomic E-state index is 6.07. The van der Waals surface area contributed by atoms with Gasteiger partial charge in [0.2, 0.25) is 5.95 Å². The van der Waals surface area contributed by atoms with Crippen LogP contribution in [0.15, 0.2) is 40.9 Å². The van der Waals surface area contributed by atoms with Crippen LogP contribution >= 0.6 is 15.9 Å². The van der Waals surface area contributed by atoms with Gasteiger partial charge in [0.05, 0.1) is 23.8 Å². The molecule has 0 spiro atoms. The molecule has 5 heteroatoms. The van der Waals surface area contributed by atoms with Crippen LogP contribution in [-0.2, 0) is 0 Å². The SMILES string of the molecule is COc1ccc2nc(N)n(-c3ccc(C)cc3Br)c2c1. The molecule has 0 saturated heterocycles. The number of nitrogen functional groups attached to an aromatic ring is 1. The van der Waals surface area contributed by atoms with Crippen molar-refractivity contribution in [2.24, 2.45) is 0 Å². The van der Waals surface area contributed by atoms with Gasteiger partial charge in [-0.05, 0) is 52.7 Å². The average Bonchev–Trinajstić information content (AvgIpc) is 2.74. The summed E-state index contributed by atoms with van der Waals surface area (Å²) in [5.74, 6) is 1.24. The fourth-order valence-corrected chi connectivity index (χ4v) is 2.92. The van der Waals surface area contributed by atoms with E-state index in [2.05, 4.69) is 27.0 Å². The van der Waals surface area contributed by atoms with Gasteiger partial charge in [-0.15, -0.1) is 0 Å². The minimum absolute atomic E-state index is 0.456. The highest BCUT2D eigenvalue weighted by Gasteiger charge is 2.13. The van der Waals surface area contributed by atoms with Gasteiger partial charge in [0.15, 0.2) is 0 Å². The van der Waals surface area contributed by atoms with Gasteiger partial charge in [0.25, 0.3) is 0 Å². The molecule has 0 fully saturated rings. The summed E-state index contributed by atoms with van der Waals surface area (Å²) >= 11 is 3.59. The first-order valence-electron chi connectivity index (χ1n) is 6.18. The number of rotatable bonds is 2. The third-order valence-corrected chi connectivity index (χ3v) is 3.87. The molecule has 0 atom stereocenters. The standard InChI is InChI=1S/C15H14BrN3O/c1-9-3-6-13(11(16)7-9)19-14-8-10(20-2)4-5-12(14)18-15(19)17/h3-8H,1-2H3,(H2,17,18). The number of benzene rings is 2. The Balaban J connectivity index is 2.31. The molecule has 2 aromatic carbocycles. The van der Waals surface area contributed by atoms with Crippen LogP contribution in [0.4, 0.5) is 5.95 Å². The van der Waals surface area contributed by atoms with Crippen molar-refractivity contribution in [3.8, 4) is 11.4 Å². The van der Waals surface area contributed by atoms with Crippen LogP contribution in [-0.4, -0.2) is 16.7 Å². The Morgan fingerprint density at radius 1 is 1.20 bits per heavy atom. The fraction of sp³-hybridized carbons (Fsp3) is 0.133. The molecule has 0 aliphatic rings. The van der Waals surface area contributed by atoms with E-state index in [-0.39, 0.29) is 0 Å². The Kier molecular flexibility index (Phi) is 3.14. The number of methoxy groups -OCH3 is 1. The number of fused-ring (bicyclic) bond motifs is 1. The van der Waals surface area contributed by atoms with E-state index in [1.165, 1.54) is 5.56 Å². The smallest absolute Gasteiger partial charge is 0.205 e. The third kappa shape index (κ3) is 2.04. The summed E-state index contributed by atoms with van der Waals surface area (Å²) in [6, 6.07) is 11.8. The summed E-state index contributed by atoms with van der Waals surface area (Å²) < 4.78 is 8.17. The second-order valence-corrected chi connectivity index (χ2v) is 5.47. The molecule has 0 aliphatic carbocycles. The lowest BCUT2D eigenvalue weighted by molar-refractivity contribution is 0.415. The Morgan fingerprint density at radius 3 is 2.70 bits per heavy atom. The summed E-state index contributed by atoms with van der Waals surface area (Å²) in [4.78, 5) is 4.39. The van der Waals surface area contributed by atoms with Gasteiger partial charge < -0.3 is 10.5 Å². The Labute approximate surface area is 125 Å². The molecule has 0 unspecified atom stereocenters. The number of aromatic nitrogens is 2. The van der Waals surface area contributed by atoms with Crippen molar-refractivity contribution in [1.29, 1.82) is 0 Å². The van der Waals surface area contributed by atoms with E-state index in [0.29, 0.717) is 5.95 Å². The molecular weight excluding hydrogens is 318 g/mol. The van der Waals surface area contributed by atoms with Crippen LogP contribution in [0.5, 0.6) is 5.75 Å². The Morgan fingerprint density at radius 2 is 2.00 bits per heavy atom. The first-order chi connectivity index (χ1) is 9.60. The minimum Gasteiger partial charge on any atom is -0.497 e. The second kappa shape index (κ2) is 4.83. The second-order valence-electron chi connectivity index (χ2n) is 4.61. The van der Waals surface area contributed by atoms with Gasteiger partial charge in [-0.1, -0.05) is 6.07 Å². The van der Waals surface area contributed by atoms with Crippen molar-refractivity contribution in [3.63, 3.8) is 0 Å². The molecule has 0 bridgehead atoms. The maximum Gasteiger partial charge on any atom is 0.205 e. The van der Waals surface area contributed by atoms with Gasteiger partial charge >= 0.3 is 0 Å². The zero-order valence-corrected chi connectivity index (χ0v) is 12.8. The van der Waals surface area contributed by atoms with Crippen LogP contribution in [0.1, 0.15) is 5.56 Å². The highest BCUT2D eigenvalue weighted by Crippen LogP contribution is 2.30. The number of nitrogens with two attached hydrogens (primary N) is 1. The van der Waals surface area contributed by atoms with Crippen molar-refractivity contribution >= 4 is 32.9 Å². The highest BCUT2D eigenvalue weighted by molar-refractivity contribution is 9.10. The van der Waals surface area contributed by atoms with Gasteiger partial charge in [-0.2, -0.15) is 0 Å². The molecule has 4 nitrogen and oxygen atoms in total. The van der Waals surface area contributed by atoms with Gasteiger partial charge in [-0.3, -0.25) is 4.57 Å². The van der Waals surface area contributed by atoms with E-state index in [9.17, 15) is 0 Å². The zero-order chi connectivity index (χ0) is 14.3. The lowest BCUT2D eigenvalue weighted by atomic mass is 10.2. The molecule has 1 heterocycles. The topological polar surface area (TPSA) is 53.1 Å². The number of hydrogen-bond donors (Lipinski definition) is 1. The number of imidazole rings is 1. The van der Waals surface area contributed by atoms with Crippen molar-refractivity contribution in [3.05, 3.63) is 46.4 Å². The monoisotopic (exact) mass is 331 g/mol. The number of ether oxygens (including phenoxy) is 1. The van der Waals surface area contributed by atoms with Crippen molar-refractivity contribution in [2.45, 2.75) is 6.92 Å². The van der Waals surface area contributed by atoms with Crippen molar-refractivity contribution in [2.75, 3.05) is 12.8 Å². The number of halogens is 1. The van der Waals surface area contributed by atoms with Crippen LogP contribution < -0.4 is 10.5 Å². The predicted molar refractivity (Wildman–Crippen MR) is 84.5 cm³/mol. The van der Waals surface area contributed by atoms with E-state index in [1.54, 1.807) is 7.11 Å². The lowest BCUT2D eigenvalue weighted by Crippen LogP contribution is -2.01. The number of anilines is 1. The Hall–Kier alpha value is -2.01. The molecular formula is C15H14BrN3O. The molecule has 2 N–H and O–H groups in total. The van der Waals surface area contributed by atoms with Crippen molar-refractivity contribution < 1.29 is 4.74 Å². The van der Waals surface area contributed by atoms with E-state index in [1.807, 2.05) is 41.8 Å². The molecule has 3 aromatic rings.